The Morgan fingerprint density at radius 1 is 1.41 bits per heavy atom. The zero-order chi connectivity index (χ0) is 12.6. The van der Waals surface area contributed by atoms with E-state index in [0.717, 1.165) is 0 Å². The van der Waals surface area contributed by atoms with E-state index in [2.05, 4.69) is 5.32 Å². The SMILES string of the molecule is CC(=O)N[C@H]1CO[C@@H]2COC(C)(C)O[C@H]2[C@@H]1O. The Bertz CT molecular complexity index is 306. The Morgan fingerprint density at radius 2 is 2.12 bits per heavy atom. The number of aliphatic hydroxyl groups is 1. The lowest BCUT2D eigenvalue weighted by Crippen LogP contribution is -2.64. The van der Waals surface area contributed by atoms with Crippen LogP contribution in [0.5, 0.6) is 0 Å². The smallest absolute Gasteiger partial charge is 0.217 e. The quantitative estimate of drug-likeness (QED) is 0.645. The summed E-state index contributed by atoms with van der Waals surface area (Å²) in [5, 5.41) is 12.8. The molecule has 4 atom stereocenters. The van der Waals surface area contributed by atoms with Gasteiger partial charge < -0.3 is 24.6 Å². The van der Waals surface area contributed by atoms with Crippen molar-refractivity contribution in [2.75, 3.05) is 13.2 Å². The van der Waals surface area contributed by atoms with Gasteiger partial charge in [0.2, 0.25) is 5.91 Å². The first-order chi connectivity index (χ1) is 7.89. The van der Waals surface area contributed by atoms with E-state index in [4.69, 9.17) is 14.2 Å². The standard InChI is InChI=1S/C11H19NO5/c1-6(13)12-7-4-15-8-5-16-11(2,3)17-10(8)9(7)14/h7-10,14H,4-5H2,1-3H3,(H,12,13)/t7-,8+,9+,10+/m0/s1. The normalized spacial score (nSPS) is 40.5. The van der Waals surface area contributed by atoms with Crippen LogP contribution < -0.4 is 5.32 Å². The molecule has 0 aromatic carbocycles. The van der Waals surface area contributed by atoms with Gasteiger partial charge >= 0.3 is 0 Å². The minimum Gasteiger partial charge on any atom is -0.388 e. The first-order valence-electron chi connectivity index (χ1n) is 5.77. The van der Waals surface area contributed by atoms with Crippen molar-refractivity contribution in [1.29, 1.82) is 0 Å². The van der Waals surface area contributed by atoms with Gasteiger partial charge in [-0.2, -0.15) is 0 Å². The lowest BCUT2D eigenvalue weighted by Gasteiger charge is -2.47. The van der Waals surface area contributed by atoms with Crippen LogP contribution in [-0.2, 0) is 19.0 Å². The molecule has 2 fully saturated rings. The summed E-state index contributed by atoms with van der Waals surface area (Å²) in [4.78, 5) is 11.0. The molecule has 0 bridgehead atoms. The van der Waals surface area contributed by atoms with E-state index in [-0.39, 0.29) is 18.6 Å². The van der Waals surface area contributed by atoms with Crippen LogP contribution in [0.4, 0.5) is 0 Å². The van der Waals surface area contributed by atoms with Crippen LogP contribution >= 0.6 is 0 Å². The lowest BCUT2D eigenvalue weighted by molar-refractivity contribution is -0.338. The van der Waals surface area contributed by atoms with Gasteiger partial charge in [-0.15, -0.1) is 0 Å². The summed E-state index contributed by atoms with van der Waals surface area (Å²) in [6.07, 6.45) is -1.52. The first kappa shape index (κ1) is 12.8. The molecular formula is C11H19NO5. The number of rotatable bonds is 1. The third-order valence-corrected chi connectivity index (χ3v) is 3.01. The number of aliphatic hydroxyl groups excluding tert-OH is 1. The van der Waals surface area contributed by atoms with Gasteiger partial charge in [0.05, 0.1) is 19.3 Å². The zero-order valence-corrected chi connectivity index (χ0v) is 10.3. The van der Waals surface area contributed by atoms with E-state index in [1.807, 2.05) is 0 Å². The molecule has 0 saturated carbocycles. The highest BCUT2D eigenvalue weighted by Crippen LogP contribution is 2.29. The first-order valence-corrected chi connectivity index (χ1v) is 5.77. The van der Waals surface area contributed by atoms with Crippen molar-refractivity contribution in [3.8, 4) is 0 Å². The van der Waals surface area contributed by atoms with Crippen molar-refractivity contribution in [2.45, 2.75) is 50.9 Å². The number of ether oxygens (including phenoxy) is 3. The number of carbonyl (C=O) groups is 1. The predicted molar refractivity (Wildman–Crippen MR) is 58.3 cm³/mol. The van der Waals surface area contributed by atoms with Gasteiger partial charge in [-0.1, -0.05) is 0 Å². The van der Waals surface area contributed by atoms with E-state index < -0.39 is 24.0 Å². The molecule has 2 aliphatic heterocycles. The Kier molecular flexibility index (Phi) is 3.40. The molecule has 0 unspecified atom stereocenters. The highest BCUT2D eigenvalue weighted by atomic mass is 16.7. The van der Waals surface area contributed by atoms with Gasteiger partial charge in [0.1, 0.15) is 18.3 Å². The molecule has 17 heavy (non-hydrogen) atoms. The van der Waals surface area contributed by atoms with E-state index in [1.165, 1.54) is 6.92 Å². The third-order valence-electron chi connectivity index (χ3n) is 3.01. The van der Waals surface area contributed by atoms with Crippen molar-refractivity contribution >= 4 is 5.91 Å². The van der Waals surface area contributed by atoms with Crippen LogP contribution in [0.1, 0.15) is 20.8 Å². The monoisotopic (exact) mass is 245 g/mol. The number of fused-ring (bicyclic) bond motifs is 1. The van der Waals surface area contributed by atoms with Crippen LogP contribution in [0.3, 0.4) is 0 Å². The molecule has 6 nitrogen and oxygen atoms in total. The molecule has 98 valence electrons. The summed E-state index contributed by atoms with van der Waals surface area (Å²) in [5.41, 5.74) is 0. The van der Waals surface area contributed by atoms with Gasteiger partial charge in [0, 0.05) is 6.92 Å². The Labute approximate surface area is 100 Å². The predicted octanol–water partition coefficient (Wildman–Crippen LogP) is -0.598. The maximum atomic E-state index is 11.0. The molecule has 2 aliphatic rings. The Morgan fingerprint density at radius 3 is 2.76 bits per heavy atom. The molecule has 2 saturated heterocycles. The van der Waals surface area contributed by atoms with Gasteiger partial charge in [-0.3, -0.25) is 4.79 Å². The molecule has 0 spiro atoms. The molecule has 0 aliphatic carbocycles. The lowest BCUT2D eigenvalue weighted by atomic mass is 9.96. The van der Waals surface area contributed by atoms with Gasteiger partial charge in [-0.25, -0.2) is 0 Å². The van der Waals surface area contributed by atoms with Crippen molar-refractivity contribution in [2.24, 2.45) is 0 Å². The second kappa shape index (κ2) is 4.53. The Hall–Kier alpha value is -0.690. The van der Waals surface area contributed by atoms with E-state index in [9.17, 15) is 9.90 Å². The van der Waals surface area contributed by atoms with Crippen LogP contribution in [0.15, 0.2) is 0 Å². The van der Waals surface area contributed by atoms with Crippen molar-refractivity contribution in [3.63, 3.8) is 0 Å². The minimum atomic E-state index is -0.777. The van der Waals surface area contributed by atoms with E-state index >= 15 is 0 Å². The second-order valence-corrected chi connectivity index (χ2v) is 4.96. The summed E-state index contributed by atoms with van der Waals surface area (Å²) in [5.74, 6) is -0.925. The molecule has 0 aromatic rings. The molecule has 2 heterocycles. The number of hydrogen-bond acceptors (Lipinski definition) is 5. The summed E-state index contributed by atoms with van der Waals surface area (Å²) in [7, 11) is 0. The number of nitrogens with one attached hydrogen (secondary N) is 1. The number of carbonyl (C=O) groups excluding carboxylic acids is 1. The fourth-order valence-corrected chi connectivity index (χ4v) is 2.19. The van der Waals surface area contributed by atoms with Crippen LogP contribution in [0, 0.1) is 0 Å². The average Bonchev–Trinajstić information content (AvgIpc) is 2.22. The summed E-state index contributed by atoms with van der Waals surface area (Å²) in [6.45, 7) is 5.65. The van der Waals surface area contributed by atoms with Crippen molar-refractivity contribution < 1.29 is 24.1 Å². The topological polar surface area (TPSA) is 77.0 Å². The largest absolute Gasteiger partial charge is 0.388 e. The maximum absolute atomic E-state index is 11.0. The van der Waals surface area contributed by atoms with Gasteiger partial charge in [0.25, 0.3) is 0 Å². The average molecular weight is 245 g/mol. The Balaban J connectivity index is 2.04. The molecule has 2 N–H and O–H groups in total. The van der Waals surface area contributed by atoms with Crippen LogP contribution in [0.2, 0.25) is 0 Å². The molecule has 0 radical (unpaired) electrons. The maximum Gasteiger partial charge on any atom is 0.217 e. The number of hydrogen-bond donors (Lipinski definition) is 2. The summed E-state index contributed by atoms with van der Waals surface area (Å²) < 4.78 is 16.6. The summed E-state index contributed by atoms with van der Waals surface area (Å²) >= 11 is 0. The van der Waals surface area contributed by atoms with Crippen LogP contribution in [0.25, 0.3) is 0 Å². The zero-order valence-electron chi connectivity index (χ0n) is 10.3. The highest BCUT2D eigenvalue weighted by Gasteiger charge is 2.47. The number of amides is 1. The van der Waals surface area contributed by atoms with Gasteiger partial charge in [0.15, 0.2) is 5.79 Å². The third kappa shape index (κ3) is 2.77. The molecule has 0 aromatic heterocycles. The molecule has 2 rings (SSSR count). The van der Waals surface area contributed by atoms with Crippen molar-refractivity contribution in [1.82, 2.24) is 5.32 Å². The fourth-order valence-electron chi connectivity index (χ4n) is 2.19. The second-order valence-electron chi connectivity index (χ2n) is 4.96. The molecular weight excluding hydrogens is 226 g/mol. The van der Waals surface area contributed by atoms with E-state index in [1.54, 1.807) is 13.8 Å². The fraction of sp³-hybridized carbons (Fsp3) is 0.909. The summed E-state index contributed by atoms with van der Waals surface area (Å²) in [6, 6.07) is -0.428. The molecule has 1 amide bonds. The molecule has 6 heteroatoms. The minimum absolute atomic E-state index is 0.192. The van der Waals surface area contributed by atoms with Crippen molar-refractivity contribution in [3.05, 3.63) is 0 Å². The highest BCUT2D eigenvalue weighted by molar-refractivity contribution is 5.73. The van der Waals surface area contributed by atoms with Gasteiger partial charge in [-0.05, 0) is 13.8 Å². The van der Waals surface area contributed by atoms with E-state index in [0.29, 0.717) is 6.61 Å². The van der Waals surface area contributed by atoms with Crippen LogP contribution in [-0.4, -0.2) is 54.4 Å².